The van der Waals surface area contributed by atoms with Crippen LogP contribution in [0.25, 0.3) is 5.69 Å². The molecular weight excluding hydrogens is 258 g/mol. The summed E-state index contributed by atoms with van der Waals surface area (Å²) in [5.41, 5.74) is 8.71. The maximum Gasteiger partial charge on any atom is 0.0645 e. The Morgan fingerprint density at radius 2 is 2.05 bits per heavy atom. The Morgan fingerprint density at radius 3 is 2.76 bits per heavy atom. The van der Waals surface area contributed by atoms with Crippen molar-refractivity contribution in [2.24, 2.45) is 23.5 Å². The Labute approximate surface area is 126 Å². The molecule has 0 radical (unpaired) electrons. The summed E-state index contributed by atoms with van der Waals surface area (Å²) >= 11 is 0. The van der Waals surface area contributed by atoms with Gasteiger partial charge in [-0.1, -0.05) is 24.6 Å². The van der Waals surface area contributed by atoms with E-state index in [4.69, 9.17) is 5.73 Å². The number of para-hydroxylation sites is 1. The number of benzene rings is 1. The van der Waals surface area contributed by atoms with Crippen molar-refractivity contribution in [2.75, 3.05) is 0 Å². The highest BCUT2D eigenvalue weighted by molar-refractivity contribution is 5.31. The highest BCUT2D eigenvalue weighted by Gasteiger charge is 2.39. The van der Waals surface area contributed by atoms with Crippen molar-refractivity contribution in [3.63, 3.8) is 0 Å². The second kappa shape index (κ2) is 5.30. The van der Waals surface area contributed by atoms with Gasteiger partial charge in [0, 0.05) is 17.8 Å². The lowest BCUT2D eigenvalue weighted by Crippen LogP contribution is -2.19. The third-order valence-corrected chi connectivity index (χ3v) is 5.49. The van der Waals surface area contributed by atoms with Crippen LogP contribution in [0.15, 0.2) is 42.7 Å². The maximum absolute atomic E-state index is 6.44. The van der Waals surface area contributed by atoms with Gasteiger partial charge in [-0.3, -0.25) is 0 Å². The van der Waals surface area contributed by atoms with E-state index in [0.717, 1.165) is 29.9 Å². The predicted octanol–water partition coefficient (Wildman–Crippen LogP) is 3.70. The second-order valence-corrected chi connectivity index (χ2v) is 6.83. The van der Waals surface area contributed by atoms with Gasteiger partial charge < -0.3 is 5.73 Å². The SMILES string of the molecule is NC(CC1CC2CCC1C2)c1cnn(-c2ccccc2)c1. The average Bonchev–Trinajstić information content (AvgIpc) is 3.24. The van der Waals surface area contributed by atoms with Crippen molar-refractivity contribution < 1.29 is 0 Å². The van der Waals surface area contributed by atoms with E-state index in [1.807, 2.05) is 29.1 Å². The summed E-state index contributed by atoms with van der Waals surface area (Å²) in [5, 5.41) is 4.47. The van der Waals surface area contributed by atoms with Crippen molar-refractivity contribution in [1.82, 2.24) is 9.78 Å². The number of fused-ring (bicyclic) bond motifs is 2. The third kappa shape index (κ3) is 2.51. The summed E-state index contributed by atoms with van der Waals surface area (Å²) in [6.45, 7) is 0. The Hall–Kier alpha value is -1.61. The molecule has 2 bridgehead atoms. The molecule has 0 saturated heterocycles. The predicted molar refractivity (Wildman–Crippen MR) is 84.0 cm³/mol. The number of aromatic nitrogens is 2. The molecule has 0 amide bonds. The monoisotopic (exact) mass is 281 g/mol. The summed E-state index contributed by atoms with van der Waals surface area (Å²) in [6.07, 6.45) is 10.9. The minimum Gasteiger partial charge on any atom is -0.324 e. The minimum atomic E-state index is 0.131. The van der Waals surface area contributed by atoms with E-state index in [0.29, 0.717) is 0 Å². The van der Waals surface area contributed by atoms with Crippen molar-refractivity contribution in [1.29, 1.82) is 0 Å². The molecule has 3 heteroatoms. The summed E-state index contributed by atoms with van der Waals surface area (Å²) in [7, 11) is 0. The lowest BCUT2D eigenvalue weighted by Gasteiger charge is -2.24. The van der Waals surface area contributed by atoms with Crippen LogP contribution in [0.5, 0.6) is 0 Å². The molecule has 1 aromatic carbocycles. The molecule has 2 N–H and O–H groups in total. The van der Waals surface area contributed by atoms with Crippen LogP contribution in [0, 0.1) is 17.8 Å². The molecular formula is C18H23N3. The van der Waals surface area contributed by atoms with Gasteiger partial charge in [0.05, 0.1) is 11.9 Å². The number of hydrogen-bond acceptors (Lipinski definition) is 2. The topological polar surface area (TPSA) is 43.8 Å². The first kappa shape index (κ1) is 13.1. The van der Waals surface area contributed by atoms with E-state index in [1.165, 1.54) is 31.2 Å². The van der Waals surface area contributed by atoms with E-state index in [9.17, 15) is 0 Å². The maximum atomic E-state index is 6.44. The molecule has 4 unspecified atom stereocenters. The fourth-order valence-corrected chi connectivity index (χ4v) is 4.38. The molecule has 2 saturated carbocycles. The van der Waals surface area contributed by atoms with E-state index in [1.54, 1.807) is 0 Å². The zero-order valence-electron chi connectivity index (χ0n) is 12.4. The molecule has 21 heavy (non-hydrogen) atoms. The largest absolute Gasteiger partial charge is 0.324 e. The first-order chi connectivity index (χ1) is 10.3. The Bertz CT molecular complexity index is 604. The van der Waals surface area contributed by atoms with Crippen LogP contribution < -0.4 is 5.73 Å². The molecule has 0 spiro atoms. The quantitative estimate of drug-likeness (QED) is 0.928. The molecule has 1 heterocycles. The van der Waals surface area contributed by atoms with Crippen LogP contribution in [0.4, 0.5) is 0 Å². The Balaban J connectivity index is 1.45. The van der Waals surface area contributed by atoms with Crippen LogP contribution >= 0.6 is 0 Å². The number of rotatable bonds is 4. The third-order valence-electron chi connectivity index (χ3n) is 5.49. The van der Waals surface area contributed by atoms with Gasteiger partial charge in [-0.15, -0.1) is 0 Å². The van der Waals surface area contributed by atoms with Gasteiger partial charge in [-0.05, 0) is 55.6 Å². The summed E-state index contributed by atoms with van der Waals surface area (Å²) < 4.78 is 1.93. The van der Waals surface area contributed by atoms with Crippen molar-refractivity contribution in [3.05, 3.63) is 48.3 Å². The Kier molecular flexibility index (Phi) is 3.30. The molecule has 1 aromatic heterocycles. The van der Waals surface area contributed by atoms with E-state index in [2.05, 4.69) is 23.4 Å². The average molecular weight is 281 g/mol. The van der Waals surface area contributed by atoms with Crippen LogP contribution in [-0.4, -0.2) is 9.78 Å². The van der Waals surface area contributed by atoms with Crippen molar-refractivity contribution in [2.45, 2.75) is 38.1 Å². The lowest BCUT2D eigenvalue weighted by molar-refractivity contribution is 0.296. The van der Waals surface area contributed by atoms with Crippen molar-refractivity contribution in [3.8, 4) is 5.69 Å². The summed E-state index contributed by atoms with van der Waals surface area (Å²) in [6, 6.07) is 10.4. The first-order valence-electron chi connectivity index (χ1n) is 8.15. The van der Waals surface area contributed by atoms with Gasteiger partial charge >= 0.3 is 0 Å². The Morgan fingerprint density at radius 1 is 1.19 bits per heavy atom. The zero-order chi connectivity index (χ0) is 14.2. The van der Waals surface area contributed by atoms with Crippen LogP contribution in [0.3, 0.4) is 0 Å². The van der Waals surface area contributed by atoms with Gasteiger partial charge in [0.1, 0.15) is 0 Å². The van der Waals surface area contributed by atoms with Gasteiger partial charge in [0.15, 0.2) is 0 Å². The normalized spacial score (nSPS) is 28.9. The minimum absolute atomic E-state index is 0.131. The summed E-state index contributed by atoms with van der Waals surface area (Å²) in [5.74, 6) is 2.79. The summed E-state index contributed by atoms with van der Waals surface area (Å²) in [4.78, 5) is 0. The standard InChI is InChI=1S/C18H23N3/c19-18(10-15-9-13-6-7-14(15)8-13)16-11-20-21(12-16)17-4-2-1-3-5-17/h1-5,11-15,18H,6-10,19H2. The molecule has 4 rings (SSSR count). The fourth-order valence-electron chi connectivity index (χ4n) is 4.38. The molecule has 4 atom stereocenters. The molecule has 2 aliphatic rings. The van der Waals surface area contributed by atoms with E-state index in [-0.39, 0.29) is 6.04 Å². The number of nitrogens with two attached hydrogens (primary N) is 1. The highest BCUT2D eigenvalue weighted by Crippen LogP contribution is 2.50. The molecule has 3 nitrogen and oxygen atoms in total. The number of nitrogens with zero attached hydrogens (tertiary/aromatic N) is 2. The molecule has 110 valence electrons. The number of hydrogen-bond donors (Lipinski definition) is 1. The zero-order valence-corrected chi connectivity index (χ0v) is 12.4. The van der Waals surface area contributed by atoms with Crippen LogP contribution in [0.1, 0.15) is 43.7 Å². The highest BCUT2D eigenvalue weighted by atomic mass is 15.3. The van der Waals surface area contributed by atoms with E-state index < -0.39 is 0 Å². The van der Waals surface area contributed by atoms with Gasteiger partial charge in [-0.25, -0.2) is 4.68 Å². The second-order valence-electron chi connectivity index (χ2n) is 6.83. The lowest BCUT2D eigenvalue weighted by atomic mass is 9.83. The molecule has 2 aliphatic carbocycles. The molecule has 2 aromatic rings. The van der Waals surface area contributed by atoms with Gasteiger partial charge in [-0.2, -0.15) is 5.10 Å². The van der Waals surface area contributed by atoms with Gasteiger partial charge in [0.2, 0.25) is 0 Å². The van der Waals surface area contributed by atoms with Crippen LogP contribution in [0.2, 0.25) is 0 Å². The molecule has 0 aliphatic heterocycles. The van der Waals surface area contributed by atoms with Gasteiger partial charge in [0.25, 0.3) is 0 Å². The smallest absolute Gasteiger partial charge is 0.0645 e. The first-order valence-corrected chi connectivity index (χ1v) is 8.15. The molecule has 2 fully saturated rings. The van der Waals surface area contributed by atoms with Crippen molar-refractivity contribution >= 4 is 0 Å². The van der Waals surface area contributed by atoms with E-state index >= 15 is 0 Å². The van der Waals surface area contributed by atoms with Crippen LogP contribution in [-0.2, 0) is 0 Å². The fraction of sp³-hybridized carbons (Fsp3) is 0.500.